The first-order valence-electron chi connectivity index (χ1n) is 11.3. The van der Waals surface area contributed by atoms with E-state index in [-0.39, 0.29) is 25.0 Å². The van der Waals surface area contributed by atoms with Gasteiger partial charge in [-0.15, -0.1) is 0 Å². The molecule has 0 aliphatic carbocycles. The van der Waals surface area contributed by atoms with Crippen LogP contribution in [0.2, 0.25) is 5.02 Å². The van der Waals surface area contributed by atoms with Crippen molar-refractivity contribution < 1.29 is 14.3 Å². The molecular weight excluding hydrogens is 540 g/mol. The standard InChI is InChI=1S/C29H24BrClN2O3/c1-20-8-2-7-13-27(20)36-19-28(34)33(18-21-14-16-22(30)17-15-21)26-12-6-3-9-23(26)29(35)32-25-11-5-4-10-24(25)31/h2-17H,18-19H2,1H3,(H,32,35). The third-order valence-corrected chi connectivity index (χ3v) is 6.42. The van der Waals surface area contributed by atoms with Crippen LogP contribution in [-0.2, 0) is 11.3 Å². The SMILES string of the molecule is Cc1ccccc1OCC(=O)N(Cc1ccc(Br)cc1)c1ccccc1C(=O)Nc1ccccc1Cl. The normalized spacial score (nSPS) is 10.5. The largest absolute Gasteiger partial charge is 0.483 e. The average Bonchev–Trinajstić information content (AvgIpc) is 2.89. The molecule has 0 aliphatic heterocycles. The summed E-state index contributed by atoms with van der Waals surface area (Å²) in [5.74, 6) is -0.00881. The second kappa shape index (κ2) is 11.9. The van der Waals surface area contributed by atoms with Crippen molar-refractivity contribution in [1.82, 2.24) is 0 Å². The topological polar surface area (TPSA) is 58.6 Å². The number of nitrogens with zero attached hydrogens (tertiary/aromatic N) is 1. The van der Waals surface area contributed by atoms with Gasteiger partial charge in [0, 0.05) is 4.47 Å². The van der Waals surface area contributed by atoms with E-state index in [9.17, 15) is 9.59 Å². The van der Waals surface area contributed by atoms with Crippen LogP contribution in [0.5, 0.6) is 5.75 Å². The molecule has 4 rings (SSSR count). The van der Waals surface area contributed by atoms with Gasteiger partial charge in [-0.2, -0.15) is 0 Å². The zero-order valence-electron chi connectivity index (χ0n) is 19.6. The van der Waals surface area contributed by atoms with Crippen molar-refractivity contribution in [1.29, 1.82) is 0 Å². The minimum Gasteiger partial charge on any atom is -0.483 e. The molecule has 0 fully saturated rings. The van der Waals surface area contributed by atoms with E-state index >= 15 is 0 Å². The number of amides is 2. The number of carbonyl (C=O) groups excluding carboxylic acids is 2. The molecule has 182 valence electrons. The molecule has 36 heavy (non-hydrogen) atoms. The number of aryl methyl sites for hydroxylation is 1. The van der Waals surface area contributed by atoms with Crippen molar-refractivity contribution in [2.24, 2.45) is 0 Å². The second-order valence-electron chi connectivity index (χ2n) is 8.11. The minimum absolute atomic E-state index is 0.179. The van der Waals surface area contributed by atoms with Gasteiger partial charge in [0.15, 0.2) is 6.61 Å². The van der Waals surface area contributed by atoms with Crippen LogP contribution >= 0.6 is 27.5 Å². The lowest BCUT2D eigenvalue weighted by molar-refractivity contribution is -0.120. The Kier molecular flexibility index (Phi) is 8.41. The van der Waals surface area contributed by atoms with Gasteiger partial charge < -0.3 is 15.0 Å². The summed E-state index contributed by atoms with van der Waals surface area (Å²) in [5.41, 5.74) is 3.16. The molecule has 0 spiro atoms. The quantitative estimate of drug-likeness (QED) is 0.245. The Morgan fingerprint density at radius 1 is 0.889 bits per heavy atom. The predicted octanol–water partition coefficient (Wildman–Crippen LogP) is 7.28. The first-order valence-corrected chi connectivity index (χ1v) is 12.5. The van der Waals surface area contributed by atoms with Gasteiger partial charge in [0.1, 0.15) is 5.75 Å². The summed E-state index contributed by atoms with van der Waals surface area (Å²) in [6.45, 7) is 2.01. The third-order valence-electron chi connectivity index (χ3n) is 5.56. The maximum atomic E-state index is 13.5. The number of halogens is 2. The second-order valence-corrected chi connectivity index (χ2v) is 9.43. The molecule has 5 nitrogen and oxygen atoms in total. The Hall–Kier alpha value is -3.61. The van der Waals surface area contributed by atoms with Crippen LogP contribution in [0.1, 0.15) is 21.5 Å². The summed E-state index contributed by atoms with van der Waals surface area (Å²) in [7, 11) is 0. The van der Waals surface area contributed by atoms with E-state index in [2.05, 4.69) is 21.2 Å². The lowest BCUT2D eigenvalue weighted by Gasteiger charge is -2.25. The monoisotopic (exact) mass is 562 g/mol. The van der Waals surface area contributed by atoms with Crippen LogP contribution in [-0.4, -0.2) is 18.4 Å². The molecule has 0 heterocycles. The van der Waals surface area contributed by atoms with Gasteiger partial charge in [0.2, 0.25) is 0 Å². The summed E-state index contributed by atoms with van der Waals surface area (Å²) in [5, 5.41) is 3.28. The number of nitrogens with one attached hydrogen (secondary N) is 1. The van der Waals surface area contributed by atoms with E-state index in [0.29, 0.717) is 27.7 Å². The summed E-state index contributed by atoms with van der Waals surface area (Å²) >= 11 is 9.69. The van der Waals surface area contributed by atoms with E-state index in [1.807, 2.05) is 55.5 Å². The van der Waals surface area contributed by atoms with Crippen molar-refractivity contribution in [2.45, 2.75) is 13.5 Å². The van der Waals surface area contributed by atoms with Crippen LogP contribution < -0.4 is 15.0 Å². The van der Waals surface area contributed by atoms with E-state index in [4.69, 9.17) is 16.3 Å². The van der Waals surface area contributed by atoms with E-state index in [1.165, 1.54) is 0 Å². The first-order chi connectivity index (χ1) is 17.4. The number of benzene rings is 4. The molecule has 4 aromatic rings. The van der Waals surface area contributed by atoms with Gasteiger partial charge in [-0.3, -0.25) is 9.59 Å². The third kappa shape index (κ3) is 6.33. The average molecular weight is 564 g/mol. The highest BCUT2D eigenvalue weighted by Crippen LogP contribution is 2.27. The number of rotatable bonds is 8. The van der Waals surface area contributed by atoms with Crippen LogP contribution in [0, 0.1) is 6.92 Å². The smallest absolute Gasteiger partial charge is 0.265 e. The molecule has 0 unspecified atom stereocenters. The fourth-order valence-electron chi connectivity index (χ4n) is 3.67. The van der Waals surface area contributed by atoms with Crippen molar-refractivity contribution in [3.05, 3.63) is 123 Å². The number of hydrogen-bond acceptors (Lipinski definition) is 3. The van der Waals surface area contributed by atoms with Crippen molar-refractivity contribution in [3.8, 4) is 5.75 Å². The van der Waals surface area contributed by atoms with E-state index < -0.39 is 0 Å². The number of carbonyl (C=O) groups is 2. The Balaban J connectivity index is 1.65. The number of anilines is 2. The van der Waals surface area contributed by atoms with Gasteiger partial charge in [-0.05, 0) is 60.5 Å². The molecule has 0 bridgehead atoms. The highest BCUT2D eigenvalue weighted by molar-refractivity contribution is 9.10. The lowest BCUT2D eigenvalue weighted by Crippen LogP contribution is -2.36. The van der Waals surface area contributed by atoms with Gasteiger partial charge in [-0.25, -0.2) is 0 Å². The van der Waals surface area contributed by atoms with Gasteiger partial charge in [0.05, 0.1) is 28.5 Å². The molecule has 0 saturated heterocycles. The zero-order chi connectivity index (χ0) is 25.5. The van der Waals surface area contributed by atoms with Crippen LogP contribution in [0.4, 0.5) is 11.4 Å². The molecule has 1 N–H and O–H groups in total. The minimum atomic E-state index is -0.368. The molecule has 0 aliphatic rings. The van der Waals surface area contributed by atoms with Crippen LogP contribution in [0.3, 0.4) is 0 Å². The Morgan fingerprint density at radius 2 is 1.56 bits per heavy atom. The maximum absolute atomic E-state index is 13.5. The zero-order valence-corrected chi connectivity index (χ0v) is 21.9. The molecule has 0 saturated carbocycles. The van der Waals surface area contributed by atoms with Gasteiger partial charge in [0.25, 0.3) is 11.8 Å². The van der Waals surface area contributed by atoms with E-state index in [1.54, 1.807) is 53.4 Å². The molecule has 0 aromatic heterocycles. The van der Waals surface area contributed by atoms with Crippen molar-refractivity contribution >= 4 is 50.7 Å². The van der Waals surface area contributed by atoms with Crippen molar-refractivity contribution in [2.75, 3.05) is 16.8 Å². The number of para-hydroxylation sites is 3. The molecule has 0 atom stereocenters. The summed E-state index contributed by atoms with van der Waals surface area (Å²) in [6.07, 6.45) is 0. The van der Waals surface area contributed by atoms with Gasteiger partial charge in [-0.1, -0.05) is 82.1 Å². The highest BCUT2D eigenvalue weighted by atomic mass is 79.9. The Bertz CT molecular complexity index is 1380. The molecular formula is C29H24BrClN2O3. The fraction of sp³-hybridized carbons (Fsp3) is 0.103. The lowest BCUT2D eigenvalue weighted by atomic mass is 10.1. The molecule has 7 heteroatoms. The number of ether oxygens (including phenoxy) is 1. The predicted molar refractivity (Wildman–Crippen MR) is 148 cm³/mol. The fourth-order valence-corrected chi connectivity index (χ4v) is 4.12. The first kappa shape index (κ1) is 25.5. The van der Waals surface area contributed by atoms with E-state index in [0.717, 1.165) is 15.6 Å². The molecule has 0 radical (unpaired) electrons. The summed E-state index contributed by atoms with van der Waals surface area (Å²) in [4.78, 5) is 28.4. The Morgan fingerprint density at radius 3 is 2.31 bits per heavy atom. The number of hydrogen-bond donors (Lipinski definition) is 1. The van der Waals surface area contributed by atoms with Crippen LogP contribution in [0.15, 0.2) is 102 Å². The maximum Gasteiger partial charge on any atom is 0.265 e. The Labute approximate surface area is 223 Å². The van der Waals surface area contributed by atoms with Crippen molar-refractivity contribution in [3.63, 3.8) is 0 Å². The van der Waals surface area contributed by atoms with Crippen LogP contribution in [0.25, 0.3) is 0 Å². The summed E-state index contributed by atoms with van der Waals surface area (Å²) < 4.78 is 6.79. The summed E-state index contributed by atoms with van der Waals surface area (Å²) in [6, 6.07) is 29.2. The molecule has 2 amide bonds. The molecule has 4 aromatic carbocycles. The van der Waals surface area contributed by atoms with Gasteiger partial charge >= 0.3 is 0 Å². The highest BCUT2D eigenvalue weighted by Gasteiger charge is 2.23.